The van der Waals surface area contributed by atoms with Crippen LogP contribution in [-0.4, -0.2) is 37.5 Å². The highest BCUT2D eigenvalue weighted by Gasteiger charge is 2.37. The number of rotatable bonds is 4. The lowest BCUT2D eigenvalue weighted by molar-refractivity contribution is -0.140. The monoisotopic (exact) mass is 326 g/mol. The van der Waals surface area contributed by atoms with E-state index in [9.17, 15) is 26.3 Å². The summed E-state index contributed by atoms with van der Waals surface area (Å²) in [6.07, 6.45) is -8.27. The average molecular weight is 326 g/mol. The van der Waals surface area contributed by atoms with E-state index >= 15 is 0 Å². The van der Waals surface area contributed by atoms with Crippen LogP contribution in [0.3, 0.4) is 0 Å². The molecule has 0 amide bonds. The van der Waals surface area contributed by atoms with Crippen LogP contribution in [0.1, 0.15) is 23.6 Å². The predicted octanol–water partition coefficient (Wildman–Crippen LogP) is 3.45. The summed E-state index contributed by atoms with van der Waals surface area (Å²) in [6.45, 7) is 1.82. The van der Waals surface area contributed by atoms with E-state index in [2.05, 4.69) is 5.32 Å². The van der Waals surface area contributed by atoms with Crippen LogP contribution in [-0.2, 0) is 6.18 Å². The number of nitrogens with one attached hydrogen (secondary N) is 1. The normalized spacial score (nSPS) is 18.7. The Morgan fingerprint density at radius 1 is 1.14 bits per heavy atom. The second-order valence-corrected chi connectivity index (χ2v) is 5.14. The molecule has 124 valence electrons. The molecule has 0 spiro atoms. The highest BCUT2D eigenvalue weighted by molar-refractivity contribution is 5.30. The van der Waals surface area contributed by atoms with Crippen molar-refractivity contribution in [2.24, 2.45) is 0 Å². The molecule has 1 aromatic rings. The fourth-order valence-electron chi connectivity index (χ4n) is 2.66. The third kappa shape index (κ3) is 3.92. The summed E-state index contributed by atoms with van der Waals surface area (Å²) in [6, 6.07) is 1.77. The molecule has 1 saturated heterocycles. The van der Waals surface area contributed by atoms with Gasteiger partial charge in [0.1, 0.15) is 5.82 Å². The van der Waals surface area contributed by atoms with Gasteiger partial charge in [0.25, 0.3) is 0 Å². The molecule has 0 bridgehead atoms. The molecule has 2 rings (SSSR count). The smallest absolute Gasteiger partial charge is 0.314 e. The molecule has 0 aromatic heterocycles. The second kappa shape index (κ2) is 6.87. The van der Waals surface area contributed by atoms with E-state index in [4.69, 9.17) is 0 Å². The van der Waals surface area contributed by atoms with Crippen LogP contribution >= 0.6 is 0 Å². The summed E-state index contributed by atoms with van der Waals surface area (Å²) in [7, 11) is 0. The van der Waals surface area contributed by atoms with Gasteiger partial charge in [0, 0.05) is 44.2 Å². The van der Waals surface area contributed by atoms with Gasteiger partial charge in [-0.05, 0) is 6.07 Å². The molecule has 1 heterocycles. The molecule has 0 unspecified atom stereocenters. The number of benzene rings is 1. The first kappa shape index (κ1) is 17.1. The fourth-order valence-corrected chi connectivity index (χ4v) is 2.66. The number of alkyl halides is 5. The Bertz CT molecular complexity index is 497. The predicted molar refractivity (Wildman–Crippen MR) is 69.2 cm³/mol. The third-order valence-corrected chi connectivity index (χ3v) is 3.69. The average Bonchev–Trinajstić information content (AvgIpc) is 2.45. The van der Waals surface area contributed by atoms with Gasteiger partial charge >= 0.3 is 6.18 Å². The Labute approximate surface area is 124 Å². The van der Waals surface area contributed by atoms with Crippen molar-refractivity contribution in [3.63, 3.8) is 0 Å². The highest BCUT2D eigenvalue weighted by atomic mass is 19.4. The molecular weight excluding hydrogens is 310 g/mol. The van der Waals surface area contributed by atoms with E-state index in [0.717, 1.165) is 12.1 Å². The Morgan fingerprint density at radius 3 is 2.32 bits per heavy atom. The lowest BCUT2D eigenvalue weighted by Crippen LogP contribution is -2.45. The van der Waals surface area contributed by atoms with Gasteiger partial charge in [0.2, 0.25) is 6.43 Å². The molecule has 1 fully saturated rings. The maximum Gasteiger partial charge on any atom is 0.419 e. The van der Waals surface area contributed by atoms with E-state index in [0.29, 0.717) is 32.2 Å². The topological polar surface area (TPSA) is 15.3 Å². The van der Waals surface area contributed by atoms with Gasteiger partial charge < -0.3 is 5.32 Å². The Balaban J connectivity index is 2.38. The Hall–Kier alpha value is -1.28. The van der Waals surface area contributed by atoms with Gasteiger partial charge in [-0.2, -0.15) is 13.2 Å². The molecule has 1 aromatic carbocycles. The molecule has 1 aliphatic heterocycles. The molecule has 1 atom stereocenters. The quantitative estimate of drug-likeness (QED) is 0.853. The SMILES string of the molecule is Fc1c([C@@H](CC(F)F)N2CCNCC2)cccc1C(F)(F)F. The van der Waals surface area contributed by atoms with E-state index in [1.807, 2.05) is 0 Å². The summed E-state index contributed by atoms with van der Waals surface area (Å²) < 4.78 is 78.2. The van der Waals surface area contributed by atoms with Crippen molar-refractivity contribution >= 4 is 0 Å². The maximum atomic E-state index is 14.2. The van der Waals surface area contributed by atoms with Crippen molar-refractivity contribution in [3.05, 3.63) is 35.1 Å². The number of hydrogen-bond donors (Lipinski definition) is 1. The molecule has 1 N–H and O–H groups in total. The van der Waals surface area contributed by atoms with Crippen molar-refractivity contribution in [2.45, 2.75) is 25.1 Å². The largest absolute Gasteiger partial charge is 0.419 e. The number of hydrogen-bond acceptors (Lipinski definition) is 2. The van der Waals surface area contributed by atoms with Gasteiger partial charge in [0.15, 0.2) is 0 Å². The second-order valence-electron chi connectivity index (χ2n) is 5.14. The molecule has 1 aliphatic rings. The first-order valence-electron chi connectivity index (χ1n) is 6.89. The summed E-state index contributed by atoms with van der Waals surface area (Å²) in [5.41, 5.74) is -1.74. The van der Waals surface area contributed by atoms with Crippen molar-refractivity contribution in [1.82, 2.24) is 10.2 Å². The zero-order chi connectivity index (χ0) is 16.3. The molecule has 8 heteroatoms. The summed E-state index contributed by atoms with van der Waals surface area (Å²) in [4.78, 5) is 1.60. The zero-order valence-corrected chi connectivity index (χ0v) is 11.6. The molecule has 2 nitrogen and oxygen atoms in total. The molecule has 0 saturated carbocycles. The van der Waals surface area contributed by atoms with Gasteiger partial charge in [-0.3, -0.25) is 4.90 Å². The summed E-state index contributed by atoms with van der Waals surface area (Å²) in [5, 5.41) is 3.02. The lowest BCUT2D eigenvalue weighted by Gasteiger charge is -2.35. The van der Waals surface area contributed by atoms with Gasteiger partial charge in [0.05, 0.1) is 5.56 Å². The first-order valence-corrected chi connectivity index (χ1v) is 6.89. The van der Waals surface area contributed by atoms with Crippen molar-refractivity contribution in [2.75, 3.05) is 26.2 Å². The van der Waals surface area contributed by atoms with E-state index in [-0.39, 0.29) is 5.56 Å². The number of piperazine rings is 1. The van der Waals surface area contributed by atoms with Crippen molar-refractivity contribution < 1.29 is 26.3 Å². The third-order valence-electron chi connectivity index (χ3n) is 3.69. The van der Waals surface area contributed by atoms with Crippen LogP contribution in [0, 0.1) is 5.82 Å². The van der Waals surface area contributed by atoms with Crippen LogP contribution in [0.5, 0.6) is 0 Å². The molecular formula is C14H16F6N2. The van der Waals surface area contributed by atoms with Crippen LogP contribution in [0.25, 0.3) is 0 Å². The lowest BCUT2D eigenvalue weighted by atomic mass is 9.98. The van der Waals surface area contributed by atoms with Gasteiger partial charge in [-0.1, -0.05) is 12.1 Å². The standard InChI is InChI=1S/C14H16F6N2/c15-12(16)8-11(22-6-4-21-5-7-22)9-2-1-3-10(13(9)17)14(18,19)20/h1-3,11-12,21H,4-8H2/t11-/m1/s1. The summed E-state index contributed by atoms with van der Waals surface area (Å²) >= 11 is 0. The van der Waals surface area contributed by atoms with E-state index < -0.39 is 36.4 Å². The van der Waals surface area contributed by atoms with Crippen LogP contribution in [0.2, 0.25) is 0 Å². The van der Waals surface area contributed by atoms with Crippen molar-refractivity contribution in [1.29, 1.82) is 0 Å². The minimum absolute atomic E-state index is 0.322. The van der Waals surface area contributed by atoms with Crippen LogP contribution in [0.15, 0.2) is 18.2 Å². The number of nitrogens with zero attached hydrogens (tertiary/aromatic N) is 1. The van der Waals surface area contributed by atoms with E-state index in [1.165, 1.54) is 0 Å². The Kier molecular flexibility index (Phi) is 5.33. The zero-order valence-electron chi connectivity index (χ0n) is 11.6. The van der Waals surface area contributed by atoms with E-state index in [1.54, 1.807) is 4.90 Å². The van der Waals surface area contributed by atoms with Gasteiger partial charge in [-0.15, -0.1) is 0 Å². The first-order chi connectivity index (χ1) is 10.3. The Morgan fingerprint density at radius 2 is 1.77 bits per heavy atom. The van der Waals surface area contributed by atoms with Crippen LogP contribution < -0.4 is 5.32 Å². The summed E-state index contributed by atoms with van der Waals surface area (Å²) in [5.74, 6) is -1.46. The maximum absolute atomic E-state index is 14.2. The fraction of sp³-hybridized carbons (Fsp3) is 0.571. The minimum Gasteiger partial charge on any atom is -0.314 e. The number of halogens is 6. The molecule has 0 radical (unpaired) electrons. The van der Waals surface area contributed by atoms with Crippen LogP contribution in [0.4, 0.5) is 26.3 Å². The molecule has 0 aliphatic carbocycles. The highest BCUT2D eigenvalue weighted by Crippen LogP contribution is 2.36. The minimum atomic E-state index is -4.85. The van der Waals surface area contributed by atoms with Gasteiger partial charge in [-0.25, -0.2) is 13.2 Å². The van der Waals surface area contributed by atoms with Crippen molar-refractivity contribution in [3.8, 4) is 0 Å². The molecule has 22 heavy (non-hydrogen) atoms.